The molecule has 0 rings (SSSR count). The summed E-state index contributed by atoms with van der Waals surface area (Å²) in [6.07, 6.45) is 55.6. The van der Waals surface area contributed by atoms with Crippen LogP contribution in [0, 0.1) is 23.7 Å². The number of hydrogen-bond donors (Lipinski definition) is 3. The first-order valence-corrected chi connectivity index (χ1v) is 44.2. The van der Waals surface area contributed by atoms with Crippen LogP contribution < -0.4 is 0 Å². The Morgan fingerprint density at radius 3 is 0.717 bits per heavy atom. The molecule has 19 heteroatoms. The Bertz CT molecular complexity index is 1940. The summed E-state index contributed by atoms with van der Waals surface area (Å²) in [6, 6.07) is 0. The van der Waals surface area contributed by atoms with Crippen molar-refractivity contribution in [3.05, 3.63) is 0 Å². The second kappa shape index (κ2) is 69.1. The Balaban J connectivity index is 5.19. The molecule has 0 amide bonds. The number of phosphoric ester groups is 2. The number of aliphatic hydroxyl groups excluding tert-OH is 1. The summed E-state index contributed by atoms with van der Waals surface area (Å²) in [5.41, 5.74) is 0. The lowest BCUT2D eigenvalue weighted by atomic mass is 10.00. The normalized spacial score (nSPS) is 14.3. The van der Waals surface area contributed by atoms with Gasteiger partial charge in [0.2, 0.25) is 0 Å². The minimum Gasteiger partial charge on any atom is -0.462 e. The van der Waals surface area contributed by atoms with Gasteiger partial charge in [-0.15, -0.1) is 0 Å². The molecule has 0 spiro atoms. The lowest BCUT2D eigenvalue weighted by Gasteiger charge is -2.21. The van der Waals surface area contributed by atoms with E-state index < -0.39 is 97.5 Å². The molecular weight excluding hydrogens is 1290 g/mol. The van der Waals surface area contributed by atoms with Crippen molar-refractivity contribution in [2.45, 2.75) is 427 Å². The molecule has 3 unspecified atom stereocenters. The van der Waals surface area contributed by atoms with E-state index in [1.807, 2.05) is 0 Å². The third kappa shape index (κ3) is 72.8. The molecule has 0 aromatic rings. The van der Waals surface area contributed by atoms with Crippen LogP contribution >= 0.6 is 15.6 Å². The molecule has 0 aromatic heterocycles. The summed E-state index contributed by atoms with van der Waals surface area (Å²) in [6.45, 7) is 14.2. The van der Waals surface area contributed by atoms with Gasteiger partial charge < -0.3 is 33.8 Å². The van der Waals surface area contributed by atoms with E-state index in [9.17, 15) is 43.2 Å². The fourth-order valence-electron chi connectivity index (χ4n) is 12.2. The molecule has 0 aliphatic heterocycles. The molecule has 0 saturated heterocycles. The van der Waals surface area contributed by atoms with Gasteiger partial charge in [0.1, 0.15) is 19.3 Å². The number of ether oxygens (including phenoxy) is 4. The number of carbonyl (C=O) groups is 4. The Morgan fingerprint density at radius 1 is 0.283 bits per heavy atom. The first-order valence-electron chi connectivity index (χ1n) is 41.2. The van der Waals surface area contributed by atoms with Crippen molar-refractivity contribution in [1.82, 2.24) is 0 Å². The number of unbranched alkanes of at least 4 members (excludes halogenated alkanes) is 42. The molecule has 0 bridgehead atoms. The van der Waals surface area contributed by atoms with Gasteiger partial charge in [-0.2, -0.15) is 0 Å². The van der Waals surface area contributed by atoms with Gasteiger partial charge in [-0.05, 0) is 49.4 Å². The SMILES string of the molecule is CCC(C)CCCCCCCCC(=O)OC[C@H](COP(=O)(O)OC[C@H](O)COP(=O)(O)OC[C@@H](COC(=O)CCCCCCCCCCCCCCCC(C)C)OC(=O)CCCCCCCCCCCC(C)C)OC(=O)CCCCCCCCCCCCCCCCCCCCC(C)C. The molecule has 99 heavy (non-hydrogen) atoms. The smallest absolute Gasteiger partial charge is 0.462 e. The monoisotopic (exact) mass is 1450 g/mol. The summed E-state index contributed by atoms with van der Waals surface area (Å²) < 4.78 is 68.6. The third-order valence-electron chi connectivity index (χ3n) is 18.9. The van der Waals surface area contributed by atoms with Crippen LogP contribution in [0.25, 0.3) is 0 Å². The van der Waals surface area contributed by atoms with E-state index in [-0.39, 0.29) is 25.7 Å². The maximum atomic E-state index is 13.1. The van der Waals surface area contributed by atoms with Crippen LogP contribution in [0.3, 0.4) is 0 Å². The lowest BCUT2D eigenvalue weighted by Crippen LogP contribution is -2.30. The first kappa shape index (κ1) is 97.1. The molecule has 0 aliphatic carbocycles. The fraction of sp³-hybridized carbons (Fsp3) is 0.950. The molecule has 6 atom stereocenters. The average Bonchev–Trinajstić information content (AvgIpc) is 0.963. The van der Waals surface area contributed by atoms with Crippen LogP contribution in [0.5, 0.6) is 0 Å². The summed E-state index contributed by atoms with van der Waals surface area (Å²) in [4.78, 5) is 72.9. The predicted molar refractivity (Wildman–Crippen MR) is 404 cm³/mol. The Morgan fingerprint density at radius 2 is 0.485 bits per heavy atom. The van der Waals surface area contributed by atoms with Gasteiger partial charge >= 0.3 is 39.5 Å². The van der Waals surface area contributed by atoms with Gasteiger partial charge in [0.05, 0.1) is 26.4 Å². The highest BCUT2D eigenvalue weighted by Crippen LogP contribution is 2.45. The molecule has 17 nitrogen and oxygen atoms in total. The van der Waals surface area contributed by atoms with Crippen molar-refractivity contribution in [2.75, 3.05) is 39.6 Å². The van der Waals surface area contributed by atoms with E-state index in [0.29, 0.717) is 25.7 Å². The van der Waals surface area contributed by atoms with Crippen LogP contribution in [0.2, 0.25) is 0 Å². The van der Waals surface area contributed by atoms with Crippen LogP contribution in [-0.4, -0.2) is 96.7 Å². The Labute approximate surface area is 607 Å². The number of aliphatic hydroxyl groups is 1. The molecule has 0 radical (unpaired) electrons. The number of hydrogen-bond acceptors (Lipinski definition) is 15. The minimum atomic E-state index is -4.96. The van der Waals surface area contributed by atoms with Crippen molar-refractivity contribution in [2.24, 2.45) is 23.7 Å². The molecule has 3 N–H and O–H groups in total. The Hall–Kier alpha value is -1.94. The second-order valence-corrected chi connectivity index (χ2v) is 33.4. The minimum absolute atomic E-state index is 0.105. The highest BCUT2D eigenvalue weighted by atomic mass is 31.2. The summed E-state index contributed by atoms with van der Waals surface area (Å²) in [5.74, 6) is 0.961. The van der Waals surface area contributed by atoms with Crippen LogP contribution in [-0.2, 0) is 65.4 Å². The highest BCUT2D eigenvalue weighted by molar-refractivity contribution is 7.47. The van der Waals surface area contributed by atoms with Gasteiger partial charge in [-0.25, -0.2) is 9.13 Å². The van der Waals surface area contributed by atoms with Gasteiger partial charge in [-0.3, -0.25) is 37.3 Å². The Kier molecular flexibility index (Phi) is 67.8. The summed E-state index contributed by atoms with van der Waals surface area (Å²) >= 11 is 0. The van der Waals surface area contributed by atoms with E-state index >= 15 is 0 Å². The van der Waals surface area contributed by atoms with Crippen molar-refractivity contribution < 1.29 is 80.2 Å². The van der Waals surface area contributed by atoms with E-state index in [4.69, 9.17) is 37.0 Å². The second-order valence-electron chi connectivity index (χ2n) is 30.5. The third-order valence-corrected chi connectivity index (χ3v) is 20.8. The zero-order chi connectivity index (χ0) is 73.1. The molecule has 0 heterocycles. The zero-order valence-electron chi connectivity index (χ0n) is 65.1. The van der Waals surface area contributed by atoms with Gasteiger partial charge in [0, 0.05) is 25.7 Å². The quantitative estimate of drug-likeness (QED) is 0.0222. The number of carbonyl (C=O) groups excluding carboxylic acids is 4. The topological polar surface area (TPSA) is 237 Å². The molecule has 0 fully saturated rings. The van der Waals surface area contributed by atoms with Crippen molar-refractivity contribution in [1.29, 1.82) is 0 Å². The molecule has 0 aliphatic rings. The van der Waals surface area contributed by atoms with E-state index in [1.54, 1.807) is 0 Å². The summed E-state index contributed by atoms with van der Waals surface area (Å²) in [7, 11) is -9.92. The molecular formula is C80H156O17P2. The van der Waals surface area contributed by atoms with Crippen molar-refractivity contribution in [3.8, 4) is 0 Å². The van der Waals surface area contributed by atoms with Crippen LogP contribution in [0.15, 0.2) is 0 Å². The summed E-state index contributed by atoms with van der Waals surface area (Å²) in [5, 5.41) is 10.6. The standard InChI is InChI=1S/C80H156O17P2/c1-9-73(8)59-51-43-38-39-45-53-61-78(83)91-67-76(97-79(84)62-54-46-36-30-24-19-15-13-11-10-12-14-17-21-26-32-40-48-56-70(2)3)69-95-99(88,89)93-65-74(81)64-92-98(86,87)94-68-75(96-80(85)63-55-47-37-31-25-28-34-42-50-58-72(6)7)66-90-77(82)60-52-44-35-29-23-20-16-18-22-27-33-41-49-57-71(4)5/h70-76,81H,9-69H2,1-8H3,(H,86,87)(H,88,89)/t73?,74-,75-,76-/m1/s1. The largest absolute Gasteiger partial charge is 0.472 e. The number of esters is 4. The highest BCUT2D eigenvalue weighted by Gasteiger charge is 2.30. The van der Waals surface area contributed by atoms with E-state index in [0.717, 1.165) is 120 Å². The van der Waals surface area contributed by atoms with Crippen LogP contribution in [0.1, 0.15) is 409 Å². The van der Waals surface area contributed by atoms with E-state index in [2.05, 4.69) is 55.4 Å². The number of phosphoric acid groups is 2. The fourth-order valence-corrected chi connectivity index (χ4v) is 13.8. The predicted octanol–water partition coefficient (Wildman–Crippen LogP) is 23.6. The average molecular weight is 1450 g/mol. The van der Waals surface area contributed by atoms with Gasteiger partial charge in [0.15, 0.2) is 12.2 Å². The van der Waals surface area contributed by atoms with Crippen molar-refractivity contribution >= 4 is 39.5 Å². The zero-order valence-corrected chi connectivity index (χ0v) is 66.9. The molecule has 0 saturated carbocycles. The molecule has 0 aromatic carbocycles. The number of rotatable bonds is 77. The van der Waals surface area contributed by atoms with Gasteiger partial charge in [-0.1, -0.05) is 357 Å². The van der Waals surface area contributed by atoms with E-state index in [1.165, 1.54) is 205 Å². The maximum absolute atomic E-state index is 13.1. The van der Waals surface area contributed by atoms with Crippen molar-refractivity contribution in [3.63, 3.8) is 0 Å². The lowest BCUT2D eigenvalue weighted by molar-refractivity contribution is -0.161. The first-order chi connectivity index (χ1) is 47.6. The molecule has 588 valence electrons. The van der Waals surface area contributed by atoms with Gasteiger partial charge in [0.25, 0.3) is 0 Å². The van der Waals surface area contributed by atoms with Crippen LogP contribution in [0.4, 0.5) is 0 Å². The maximum Gasteiger partial charge on any atom is 0.472 e.